The fraction of sp³-hybridized carbons (Fsp3) is 0.214. The summed E-state index contributed by atoms with van der Waals surface area (Å²) in [6.45, 7) is 2.08. The number of hydrogen-bond donors (Lipinski definition) is 1. The van der Waals surface area contributed by atoms with Crippen molar-refractivity contribution in [2.75, 3.05) is 7.05 Å². The van der Waals surface area contributed by atoms with Crippen molar-refractivity contribution in [2.24, 2.45) is 0 Å². The van der Waals surface area contributed by atoms with E-state index in [1.54, 1.807) is 12.3 Å². The van der Waals surface area contributed by atoms with E-state index >= 15 is 0 Å². The Morgan fingerprint density at radius 2 is 2.11 bits per heavy atom. The quantitative estimate of drug-likeness (QED) is 0.884. The van der Waals surface area contributed by atoms with Crippen LogP contribution in [0.2, 0.25) is 5.02 Å². The maximum absolute atomic E-state index is 6.11. The lowest BCUT2D eigenvalue weighted by Crippen LogP contribution is -2.12. The molecule has 0 aliphatic carbocycles. The van der Waals surface area contributed by atoms with Crippen LogP contribution in [0.3, 0.4) is 0 Å². The number of halogens is 2. The Bertz CT molecular complexity index is 577. The second-order valence-electron chi connectivity index (χ2n) is 4.11. The van der Waals surface area contributed by atoms with Gasteiger partial charge in [-0.1, -0.05) is 27.5 Å². The highest BCUT2D eigenvalue weighted by molar-refractivity contribution is 9.10. The van der Waals surface area contributed by atoms with Gasteiger partial charge in [0.1, 0.15) is 5.75 Å². The number of ether oxygens (including phenoxy) is 1. The molecule has 1 aromatic carbocycles. The Labute approximate surface area is 126 Å². The third-order valence-electron chi connectivity index (χ3n) is 2.80. The lowest BCUT2D eigenvalue weighted by atomic mass is 10.1. The summed E-state index contributed by atoms with van der Waals surface area (Å²) in [4.78, 5) is 4.19. The van der Waals surface area contributed by atoms with Crippen LogP contribution < -0.4 is 10.1 Å². The minimum absolute atomic E-state index is 0.241. The molecule has 1 unspecified atom stereocenters. The van der Waals surface area contributed by atoms with Gasteiger partial charge in [0.2, 0.25) is 5.88 Å². The number of pyridine rings is 1. The van der Waals surface area contributed by atoms with E-state index in [0.717, 1.165) is 10.0 Å². The summed E-state index contributed by atoms with van der Waals surface area (Å²) in [6, 6.07) is 9.57. The van der Waals surface area contributed by atoms with Crippen molar-refractivity contribution in [3.8, 4) is 11.6 Å². The van der Waals surface area contributed by atoms with Crippen molar-refractivity contribution < 1.29 is 4.74 Å². The van der Waals surface area contributed by atoms with Gasteiger partial charge in [0, 0.05) is 22.8 Å². The van der Waals surface area contributed by atoms with Crippen LogP contribution in [0.4, 0.5) is 0 Å². The zero-order valence-corrected chi connectivity index (χ0v) is 13.0. The van der Waals surface area contributed by atoms with Gasteiger partial charge in [-0.05, 0) is 43.8 Å². The maximum Gasteiger partial charge on any atom is 0.219 e. The van der Waals surface area contributed by atoms with E-state index in [-0.39, 0.29) is 6.04 Å². The summed E-state index contributed by atoms with van der Waals surface area (Å²) in [7, 11) is 1.91. The molecule has 0 aliphatic rings. The zero-order chi connectivity index (χ0) is 13.8. The van der Waals surface area contributed by atoms with E-state index in [1.165, 1.54) is 0 Å². The SMILES string of the molecule is CNC(C)c1ccnc(Oc2ccc(Br)cc2Cl)c1. The molecule has 5 heteroatoms. The second kappa shape index (κ2) is 6.37. The first-order valence-electron chi connectivity index (χ1n) is 5.86. The van der Waals surface area contributed by atoms with Gasteiger partial charge in [0.25, 0.3) is 0 Å². The lowest BCUT2D eigenvalue weighted by molar-refractivity contribution is 0.461. The minimum Gasteiger partial charge on any atom is -0.437 e. The van der Waals surface area contributed by atoms with E-state index in [2.05, 4.69) is 33.2 Å². The van der Waals surface area contributed by atoms with Crippen LogP contribution in [-0.2, 0) is 0 Å². The van der Waals surface area contributed by atoms with Crippen molar-refractivity contribution in [1.82, 2.24) is 10.3 Å². The normalized spacial score (nSPS) is 12.2. The highest BCUT2D eigenvalue weighted by Crippen LogP contribution is 2.31. The van der Waals surface area contributed by atoms with Crippen molar-refractivity contribution in [3.05, 3.63) is 51.6 Å². The Balaban J connectivity index is 2.23. The smallest absolute Gasteiger partial charge is 0.219 e. The fourth-order valence-electron chi connectivity index (χ4n) is 1.59. The molecule has 0 radical (unpaired) electrons. The average Bonchev–Trinajstić information content (AvgIpc) is 2.41. The fourth-order valence-corrected chi connectivity index (χ4v) is 2.30. The molecule has 0 spiro atoms. The number of nitrogens with one attached hydrogen (secondary N) is 1. The lowest BCUT2D eigenvalue weighted by Gasteiger charge is -2.12. The topological polar surface area (TPSA) is 34.2 Å². The number of benzene rings is 1. The Kier molecular flexibility index (Phi) is 4.80. The third-order valence-corrected chi connectivity index (χ3v) is 3.59. The van der Waals surface area contributed by atoms with Crippen LogP contribution in [0.1, 0.15) is 18.5 Å². The average molecular weight is 342 g/mol. The summed E-state index contributed by atoms with van der Waals surface area (Å²) in [5, 5.41) is 3.72. The van der Waals surface area contributed by atoms with Gasteiger partial charge in [0.15, 0.2) is 0 Å². The molecular formula is C14H14BrClN2O. The van der Waals surface area contributed by atoms with Crippen LogP contribution >= 0.6 is 27.5 Å². The van der Waals surface area contributed by atoms with Crippen LogP contribution in [0.5, 0.6) is 11.6 Å². The Morgan fingerprint density at radius 1 is 1.32 bits per heavy atom. The van der Waals surface area contributed by atoms with Gasteiger partial charge in [-0.15, -0.1) is 0 Å². The molecule has 0 saturated carbocycles. The van der Waals surface area contributed by atoms with Gasteiger partial charge in [-0.25, -0.2) is 4.98 Å². The first-order valence-corrected chi connectivity index (χ1v) is 7.03. The van der Waals surface area contributed by atoms with Gasteiger partial charge < -0.3 is 10.1 Å². The van der Waals surface area contributed by atoms with Gasteiger partial charge >= 0.3 is 0 Å². The van der Waals surface area contributed by atoms with Gasteiger partial charge in [-0.2, -0.15) is 0 Å². The molecule has 0 fully saturated rings. The highest BCUT2D eigenvalue weighted by atomic mass is 79.9. The Morgan fingerprint density at radius 3 is 2.79 bits per heavy atom. The van der Waals surface area contributed by atoms with Crippen LogP contribution in [-0.4, -0.2) is 12.0 Å². The van der Waals surface area contributed by atoms with E-state index in [0.29, 0.717) is 16.7 Å². The molecule has 1 heterocycles. The number of hydrogen-bond acceptors (Lipinski definition) is 3. The predicted molar refractivity (Wildman–Crippen MR) is 80.9 cm³/mol. The molecule has 0 bridgehead atoms. The first-order chi connectivity index (χ1) is 9.10. The molecule has 100 valence electrons. The highest BCUT2D eigenvalue weighted by Gasteiger charge is 2.08. The molecule has 0 amide bonds. The molecule has 0 aliphatic heterocycles. The van der Waals surface area contributed by atoms with Gasteiger partial charge in [0.05, 0.1) is 5.02 Å². The summed E-state index contributed by atoms with van der Waals surface area (Å²) < 4.78 is 6.62. The molecule has 19 heavy (non-hydrogen) atoms. The second-order valence-corrected chi connectivity index (χ2v) is 5.44. The van der Waals surface area contributed by atoms with Crippen molar-refractivity contribution in [3.63, 3.8) is 0 Å². The van der Waals surface area contributed by atoms with Crippen molar-refractivity contribution in [1.29, 1.82) is 0 Å². The van der Waals surface area contributed by atoms with E-state index < -0.39 is 0 Å². The number of nitrogens with zero attached hydrogens (tertiary/aromatic N) is 1. The third kappa shape index (κ3) is 3.69. The van der Waals surface area contributed by atoms with Crippen LogP contribution in [0.15, 0.2) is 41.0 Å². The standard InChI is InChI=1S/C14H14BrClN2O/c1-9(17-2)10-5-6-18-14(7-10)19-13-4-3-11(15)8-12(13)16/h3-9,17H,1-2H3. The summed E-state index contributed by atoms with van der Waals surface area (Å²) in [5.74, 6) is 1.12. The molecule has 1 atom stereocenters. The molecule has 2 rings (SSSR count). The molecule has 0 saturated heterocycles. The first kappa shape index (κ1) is 14.3. The predicted octanol–water partition coefficient (Wildman–Crippen LogP) is 4.57. The minimum atomic E-state index is 0.241. The number of aromatic nitrogens is 1. The monoisotopic (exact) mass is 340 g/mol. The van der Waals surface area contributed by atoms with Crippen LogP contribution in [0.25, 0.3) is 0 Å². The molecule has 3 nitrogen and oxygen atoms in total. The summed E-state index contributed by atoms with van der Waals surface area (Å²) >= 11 is 9.47. The van der Waals surface area contributed by atoms with E-state index in [4.69, 9.17) is 16.3 Å². The molecular weight excluding hydrogens is 328 g/mol. The number of rotatable bonds is 4. The molecule has 2 aromatic rings. The maximum atomic E-state index is 6.11. The Hall–Kier alpha value is -1.10. The summed E-state index contributed by atoms with van der Waals surface area (Å²) in [6.07, 6.45) is 1.73. The van der Waals surface area contributed by atoms with E-state index in [9.17, 15) is 0 Å². The zero-order valence-electron chi connectivity index (χ0n) is 10.7. The van der Waals surface area contributed by atoms with Crippen LogP contribution in [0, 0.1) is 0 Å². The molecule has 1 aromatic heterocycles. The van der Waals surface area contributed by atoms with Gasteiger partial charge in [-0.3, -0.25) is 0 Å². The van der Waals surface area contributed by atoms with E-state index in [1.807, 2.05) is 31.3 Å². The van der Waals surface area contributed by atoms with Crippen molar-refractivity contribution >= 4 is 27.5 Å². The molecule has 1 N–H and O–H groups in total. The largest absolute Gasteiger partial charge is 0.437 e. The van der Waals surface area contributed by atoms with Crippen molar-refractivity contribution in [2.45, 2.75) is 13.0 Å². The summed E-state index contributed by atoms with van der Waals surface area (Å²) in [5.41, 5.74) is 1.11.